The van der Waals surface area contributed by atoms with Crippen LogP contribution in [0.4, 0.5) is 0 Å². The van der Waals surface area contributed by atoms with Gasteiger partial charge in [0, 0.05) is 32.2 Å². The van der Waals surface area contributed by atoms with Crippen LogP contribution in [-0.2, 0) is 4.79 Å². The number of hydrogen-bond donors (Lipinski definition) is 1. The highest BCUT2D eigenvalue weighted by molar-refractivity contribution is 5.78. The summed E-state index contributed by atoms with van der Waals surface area (Å²) in [5, 5.41) is 3.51. The summed E-state index contributed by atoms with van der Waals surface area (Å²) in [6, 6.07) is 0.643. The second-order valence-corrected chi connectivity index (χ2v) is 4.87. The lowest BCUT2D eigenvalue weighted by molar-refractivity contribution is -0.131. The number of hydrogen-bond acceptors (Lipinski definition) is 3. The molecule has 2 fully saturated rings. The Labute approximate surface area is 98.0 Å². The molecule has 1 amide bonds. The first-order chi connectivity index (χ1) is 7.74. The van der Waals surface area contributed by atoms with Gasteiger partial charge in [0.1, 0.15) is 0 Å². The predicted octanol–water partition coefficient (Wildman–Crippen LogP) is 0.149. The third kappa shape index (κ3) is 2.38. The van der Waals surface area contributed by atoms with Gasteiger partial charge in [-0.2, -0.15) is 0 Å². The summed E-state index contributed by atoms with van der Waals surface area (Å²) in [6.07, 6.45) is 1.28. The van der Waals surface area contributed by atoms with E-state index in [1.165, 1.54) is 6.42 Å². The molecule has 92 valence electrons. The first-order valence-corrected chi connectivity index (χ1v) is 6.48. The average Bonchev–Trinajstić information content (AvgIpc) is 2.79. The Morgan fingerprint density at radius 1 is 1.38 bits per heavy atom. The van der Waals surface area contributed by atoms with Gasteiger partial charge < -0.3 is 10.2 Å². The van der Waals surface area contributed by atoms with Gasteiger partial charge in [0.25, 0.3) is 0 Å². The van der Waals surface area contributed by atoms with Crippen molar-refractivity contribution in [3.63, 3.8) is 0 Å². The molecule has 0 aromatic heterocycles. The summed E-state index contributed by atoms with van der Waals surface area (Å²) in [7, 11) is 0. The average molecular weight is 225 g/mol. The van der Waals surface area contributed by atoms with E-state index < -0.39 is 0 Å². The summed E-state index contributed by atoms with van der Waals surface area (Å²) in [5.41, 5.74) is 0. The number of amides is 1. The lowest BCUT2D eigenvalue weighted by Crippen LogP contribution is -2.40. The van der Waals surface area contributed by atoms with E-state index in [0.29, 0.717) is 12.6 Å². The molecule has 0 aliphatic carbocycles. The van der Waals surface area contributed by atoms with Crippen LogP contribution in [-0.4, -0.2) is 61.0 Å². The van der Waals surface area contributed by atoms with Crippen molar-refractivity contribution >= 4 is 5.91 Å². The lowest BCUT2D eigenvalue weighted by atomic mass is 10.1. The summed E-state index contributed by atoms with van der Waals surface area (Å²) in [6.45, 7) is 9.66. The van der Waals surface area contributed by atoms with Gasteiger partial charge in [-0.3, -0.25) is 9.69 Å². The Balaban J connectivity index is 1.80. The molecule has 1 N–H and O–H groups in total. The van der Waals surface area contributed by atoms with Crippen molar-refractivity contribution in [3.05, 3.63) is 0 Å². The molecule has 2 rings (SSSR count). The van der Waals surface area contributed by atoms with Crippen LogP contribution in [0.3, 0.4) is 0 Å². The normalized spacial score (nSPS) is 29.4. The topological polar surface area (TPSA) is 35.6 Å². The van der Waals surface area contributed by atoms with E-state index in [1.807, 2.05) is 18.7 Å². The zero-order chi connectivity index (χ0) is 11.5. The molecule has 0 spiro atoms. The maximum atomic E-state index is 11.9. The summed E-state index contributed by atoms with van der Waals surface area (Å²) in [4.78, 5) is 16.2. The molecule has 2 saturated heterocycles. The van der Waals surface area contributed by atoms with E-state index in [2.05, 4.69) is 10.2 Å². The minimum Gasteiger partial charge on any atom is -0.342 e. The van der Waals surface area contributed by atoms with Crippen molar-refractivity contribution in [1.29, 1.82) is 0 Å². The molecule has 0 radical (unpaired) electrons. The van der Waals surface area contributed by atoms with E-state index >= 15 is 0 Å². The van der Waals surface area contributed by atoms with Gasteiger partial charge in [0.2, 0.25) is 5.91 Å². The smallest absolute Gasteiger partial charge is 0.236 e. The van der Waals surface area contributed by atoms with Crippen LogP contribution >= 0.6 is 0 Å². The number of rotatable bonds is 4. The van der Waals surface area contributed by atoms with Crippen LogP contribution in [0.25, 0.3) is 0 Å². The van der Waals surface area contributed by atoms with Gasteiger partial charge in [-0.05, 0) is 32.7 Å². The van der Waals surface area contributed by atoms with E-state index in [0.717, 1.165) is 38.6 Å². The zero-order valence-electron chi connectivity index (χ0n) is 10.4. The molecule has 2 atom stereocenters. The Morgan fingerprint density at radius 3 is 2.75 bits per heavy atom. The van der Waals surface area contributed by atoms with E-state index in [9.17, 15) is 4.79 Å². The molecular weight excluding hydrogens is 202 g/mol. The SMILES string of the molecule is CCN(CC)C(=O)CN1C[C@@H]2CCN[C@@H]2C1. The fourth-order valence-corrected chi connectivity index (χ4v) is 2.94. The maximum absolute atomic E-state index is 11.9. The highest BCUT2D eigenvalue weighted by Gasteiger charge is 2.36. The summed E-state index contributed by atoms with van der Waals surface area (Å²) < 4.78 is 0. The van der Waals surface area contributed by atoms with Crippen LogP contribution in [0.5, 0.6) is 0 Å². The molecule has 0 aromatic rings. The highest BCUT2D eigenvalue weighted by atomic mass is 16.2. The van der Waals surface area contributed by atoms with Gasteiger partial charge in [-0.25, -0.2) is 0 Å². The molecule has 16 heavy (non-hydrogen) atoms. The minimum absolute atomic E-state index is 0.282. The molecule has 2 aliphatic rings. The van der Waals surface area contributed by atoms with Crippen LogP contribution < -0.4 is 5.32 Å². The van der Waals surface area contributed by atoms with Crippen molar-refractivity contribution in [2.75, 3.05) is 39.3 Å². The molecule has 0 saturated carbocycles. The minimum atomic E-state index is 0.282. The fraction of sp³-hybridized carbons (Fsp3) is 0.917. The number of nitrogens with one attached hydrogen (secondary N) is 1. The third-order valence-electron chi connectivity index (χ3n) is 3.91. The Hall–Kier alpha value is -0.610. The van der Waals surface area contributed by atoms with Crippen molar-refractivity contribution in [1.82, 2.24) is 15.1 Å². The largest absolute Gasteiger partial charge is 0.342 e. The van der Waals surface area contributed by atoms with Gasteiger partial charge in [0.15, 0.2) is 0 Å². The van der Waals surface area contributed by atoms with Gasteiger partial charge in [-0.15, -0.1) is 0 Å². The van der Waals surface area contributed by atoms with Crippen LogP contribution in [0.15, 0.2) is 0 Å². The Morgan fingerprint density at radius 2 is 2.12 bits per heavy atom. The Kier molecular flexibility index (Phi) is 3.82. The molecular formula is C12H23N3O. The quantitative estimate of drug-likeness (QED) is 0.740. The molecule has 2 aliphatic heterocycles. The maximum Gasteiger partial charge on any atom is 0.236 e. The molecule has 0 aromatic carbocycles. The van der Waals surface area contributed by atoms with Crippen molar-refractivity contribution in [2.24, 2.45) is 5.92 Å². The fourth-order valence-electron chi connectivity index (χ4n) is 2.94. The molecule has 0 bridgehead atoms. The highest BCUT2D eigenvalue weighted by Crippen LogP contribution is 2.24. The van der Waals surface area contributed by atoms with Crippen LogP contribution in [0, 0.1) is 5.92 Å². The van der Waals surface area contributed by atoms with Gasteiger partial charge >= 0.3 is 0 Å². The second-order valence-electron chi connectivity index (χ2n) is 4.87. The van der Waals surface area contributed by atoms with Crippen LogP contribution in [0.2, 0.25) is 0 Å². The van der Waals surface area contributed by atoms with Crippen molar-refractivity contribution in [2.45, 2.75) is 26.3 Å². The van der Waals surface area contributed by atoms with E-state index in [-0.39, 0.29) is 5.91 Å². The van der Waals surface area contributed by atoms with Gasteiger partial charge in [0.05, 0.1) is 6.54 Å². The van der Waals surface area contributed by atoms with E-state index in [4.69, 9.17) is 0 Å². The number of nitrogens with zero attached hydrogens (tertiary/aromatic N) is 2. The number of likely N-dealkylation sites (N-methyl/N-ethyl adjacent to an activating group) is 1. The van der Waals surface area contributed by atoms with E-state index in [1.54, 1.807) is 0 Å². The standard InChI is InChI=1S/C12H23N3O/c1-3-15(4-2)12(16)9-14-7-10-5-6-13-11(10)8-14/h10-11,13H,3-9H2,1-2H3/t10-,11+/m0/s1. The first-order valence-electron chi connectivity index (χ1n) is 6.48. The third-order valence-corrected chi connectivity index (χ3v) is 3.91. The predicted molar refractivity (Wildman–Crippen MR) is 64.3 cm³/mol. The zero-order valence-corrected chi connectivity index (χ0v) is 10.4. The summed E-state index contributed by atoms with van der Waals surface area (Å²) in [5.74, 6) is 1.06. The molecule has 4 heteroatoms. The molecule has 4 nitrogen and oxygen atoms in total. The molecule has 2 heterocycles. The first kappa shape index (κ1) is 11.9. The molecule has 0 unspecified atom stereocenters. The summed E-state index contributed by atoms with van der Waals surface area (Å²) >= 11 is 0. The van der Waals surface area contributed by atoms with Crippen molar-refractivity contribution in [3.8, 4) is 0 Å². The Bertz CT molecular complexity index is 241. The number of likely N-dealkylation sites (tertiary alicyclic amines) is 1. The van der Waals surface area contributed by atoms with Gasteiger partial charge in [-0.1, -0.05) is 0 Å². The lowest BCUT2D eigenvalue weighted by Gasteiger charge is -2.23. The second kappa shape index (κ2) is 5.15. The van der Waals surface area contributed by atoms with Crippen molar-refractivity contribution < 1.29 is 4.79 Å². The number of carbonyl (C=O) groups is 1. The number of carbonyl (C=O) groups excluding carboxylic acids is 1. The number of fused-ring (bicyclic) bond motifs is 1. The van der Waals surface area contributed by atoms with Crippen LogP contribution in [0.1, 0.15) is 20.3 Å². The monoisotopic (exact) mass is 225 g/mol.